The van der Waals surface area contributed by atoms with E-state index in [0.717, 1.165) is 12.0 Å². The lowest BCUT2D eigenvalue weighted by atomic mass is 9.74. The molecule has 0 aliphatic carbocycles. The highest BCUT2D eigenvalue weighted by Gasteiger charge is 2.55. The molecule has 2 heterocycles. The minimum absolute atomic E-state index is 0.0394. The number of ether oxygens (including phenoxy) is 2. The number of allylic oxidation sites excluding steroid dienone is 2. The fraction of sp³-hybridized carbons (Fsp3) is 0.706. The van der Waals surface area contributed by atoms with Gasteiger partial charge in [-0.05, 0) is 53.5 Å². The molecule has 5 nitrogen and oxygen atoms in total. The second kappa shape index (κ2) is 5.61. The minimum Gasteiger partial charge on any atom is -0.485 e. The quantitative estimate of drug-likeness (QED) is 0.745. The maximum absolute atomic E-state index is 13.1. The van der Waals surface area contributed by atoms with Gasteiger partial charge in [0, 0.05) is 0 Å². The summed E-state index contributed by atoms with van der Waals surface area (Å²) < 4.78 is 11.7. The van der Waals surface area contributed by atoms with Crippen molar-refractivity contribution >= 4 is 5.78 Å². The lowest BCUT2D eigenvalue weighted by Crippen LogP contribution is -2.54. The van der Waals surface area contributed by atoms with Crippen LogP contribution in [0.25, 0.3) is 0 Å². The van der Waals surface area contributed by atoms with Crippen LogP contribution in [0.4, 0.5) is 0 Å². The zero-order valence-corrected chi connectivity index (χ0v) is 14.5. The summed E-state index contributed by atoms with van der Waals surface area (Å²) in [5, 5.41) is 0. The molecule has 2 aliphatic rings. The van der Waals surface area contributed by atoms with Crippen molar-refractivity contribution in [2.75, 3.05) is 6.61 Å². The molecule has 0 N–H and O–H groups in total. The molecular weight excluding hydrogens is 284 g/mol. The number of hydrogen-bond donors (Lipinski definition) is 0. The van der Waals surface area contributed by atoms with Crippen LogP contribution in [-0.4, -0.2) is 24.1 Å². The predicted molar refractivity (Wildman–Crippen MR) is 81.6 cm³/mol. The second-order valence-corrected chi connectivity index (χ2v) is 7.10. The van der Waals surface area contributed by atoms with E-state index in [1.54, 1.807) is 0 Å². The first-order valence-electron chi connectivity index (χ1n) is 7.75. The van der Waals surface area contributed by atoms with E-state index in [-0.39, 0.29) is 11.7 Å². The Hall–Kier alpha value is -1.49. The second-order valence-electron chi connectivity index (χ2n) is 7.10. The molecule has 1 saturated heterocycles. The molecule has 0 bridgehead atoms. The Bertz CT molecular complexity index is 535. The van der Waals surface area contributed by atoms with Gasteiger partial charge >= 0.3 is 5.95 Å². The number of Topliss-reactive ketones (excluding diaryl/α,β-unsaturated/α-hetero) is 1. The molecule has 22 heavy (non-hydrogen) atoms. The third-order valence-corrected chi connectivity index (χ3v) is 3.95. The van der Waals surface area contributed by atoms with Crippen LogP contribution in [-0.2, 0) is 24.0 Å². The molecule has 5 heteroatoms. The van der Waals surface area contributed by atoms with Crippen molar-refractivity contribution in [3.05, 3.63) is 22.9 Å². The molecule has 0 aromatic rings. The van der Waals surface area contributed by atoms with Crippen LogP contribution in [0.3, 0.4) is 0 Å². The van der Waals surface area contributed by atoms with Crippen molar-refractivity contribution in [1.29, 1.82) is 0 Å². The van der Waals surface area contributed by atoms with E-state index in [1.807, 2.05) is 48.5 Å². The molecule has 1 atom stereocenters. The SMILES string of the molecule is CCCOC1=C2C(=O)C(C)(C)C(=C(C)C)OC2C(C)(C)OO1. The van der Waals surface area contributed by atoms with E-state index in [1.165, 1.54) is 0 Å². The van der Waals surface area contributed by atoms with Crippen molar-refractivity contribution in [2.24, 2.45) is 5.41 Å². The first-order chi connectivity index (χ1) is 10.1. The van der Waals surface area contributed by atoms with Gasteiger partial charge in [-0.15, -0.1) is 0 Å². The van der Waals surface area contributed by atoms with Gasteiger partial charge in [0.1, 0.15) is 11.3 Å². The summed E-state index contributed by atoms with van der Waals surface area (Å²) in [6, 6.07) is 0. The van der Waals surface area contributed by atoms with Crippen LogP contribution in [0, 0.1) is 5.41 Å². The summed E-state index contributed by atoms with van der Waals surface area (Å²) in [5.41, 5.74) is -0.112. The fourth-order valence-corrected chi connectivity index (χ4v) is 2.85. The van der Waals surface area contributed by atoms with Gasteiger partial charge in [-0.25, -0.2) is 0 Å². The third-order valence-electron chi connectivity index (χ3n) is 3.95. The Morgan fingerprint density at radius 2 is 1.86 bits per heavy atom. The zero-order valence-electron chi connectivity index (χ0n) is 14.5. The Morgan fingerprint density at radius 3 is 2.41 bits per heavy atom. The highest BCUT2D eigenvalue weighted by molar-refractivity contribution is 6.03. The molecule has 1 unspecified atom stereocenters. The Labute approximate surface area is 132 Å². The molecule has 2 rings (SSSR count). The molecule has 2 aliphatic heterocycles. The topological polar surface area (TPSA) is 54.0 Å². The maximum atomic E-state index is 13.1. The average molecular weight is 310 g/mol. The summed E-state index contributed by atoms with van der Waals surface area (Å²) in [4.78, 5) is 23.7. The van der Waals surface area contributed by atoms with Gasteiger partial charge in [-0.1, -0.05) is 6.92 Å². The lowest BCUT2D eigenvalue weighted by molar-refractivity contribution is -0.378. The highest BCUT2D eigenvalue weighted by atomic mass is 17.2. The molecule has 0 spiro atoms. The van der Waals surface area contributed by atoms with Crippen molar-refractivity contribution in [2.45, 2.75) is 66.6 Å². The van der Waals surface area contributed by atoms with Crippen LogP contribution >= 0.6 is 0 Å². The summed E-state index contributed by atoms with van der Waals surface area (Å²) in [6.45, 7) is 13.7. The van der Waals surface area contributed by atoms with E-state index in [4.69, 9.17) is 19.2 Å². The van der Waals surface area contributed by atoms with Crippen molar-refractivity contribution in [3.8, 4) is 0 Å². The fourth-order valence-electron chi connectivity index (χ4n) is 2.85. The summed E-state index contributed by atoms with van der Waals surface area (Å²) in [5.74, 6) is 0.791. The monoisotopic (exact) mass is 310 g/mol. The molecule has 0 saturated carbocycles. The molecule has 0 amide bonds. The van der Waals surface area contributed by atoms with Crippen LogP contribution in [0.15, 0.2) is 22.9 Å². The van der Waals surface area contributed by atoms with Gasteiger partial charge in [-0.2, -0.15) is 4.89 Å². The van der Waals surface area contributed by atoms with E-state index in [9.17, 15) is 4.79 Å². The van der Waals surface area contributed by atoms with E-state index >= 15 is 0 Å². The lowest BCUT2D eigenvalue weighted by Gasteiger charge is -2.45. The van der Waals surface area contributed by atoms with E-state index < -0.39 is 17.1 Å². The van der Waals surface area contributed by atoms with Crippen LogP contribution < -0.4 is 0 Å². The predicted octanol–water partition coefficient (Wildman–Crippen LogP) is 3.65. The van der Waals surface area contributed by atoms with Crippen molar-refractivity contribution < 1.29 is 24.0 Å². The van der Waals surface area contributed by atoms with Crippen molar-refractivity contribution in [1.82, 2.24) is 0 Å². The van der Waals surface area contributed by atoms with E-state index in [2.05, 4.69) is 0 Å². The first kappa shape index (κ1) is 16.9. The standard InChI is InChI=1S/C17H26O5/c1-8-9-19-15-11-12(18)16(4,5)13(10(2)3)20-14(11)17(6,7)22-21-15/h14H,8-9H2,1-7H3. The summed E-state index contributed by atoms with van der Waals surface area (Å²) in [7, 11) is 0. The van der Waals surface area contributed by atoms with Gasteiger partial charge in [0.15, 0.2) is 17.5 Å². The van der Waals surface area contributed by atoms with Crippen LogP contribution in [0.1, 0.15) is 54.9 Å². The maximum Gasteiger partial charge on any atom is 0.327 e. The zero-order chi connectivity index (χ0) is 16.7. The normalized spacial score (nSPS) is 26.0. The van der Waals surface area contributed by atoms with Crippen molar-refractivity contribution in [3.63, 3.8) is 0 Å². The van der Waals surface area contributed by atoms with Crippen LogP contribution in [0.2, 0.25) is 0 Å². The molecule has 0 aromatic heterocycles. The number of hydrogen-bond acceptors (Lipinski definition) is 5. The van der Waals surface area contributed by atoms with E-state index in [0.29, 0.717) is 17.9 Å². The molecule has 0 aromatic carbocycles. The number of rotatable bonds is 3. The average Bonchev–Trinajstić information content (AvgIpc) is 2.41. The number of ketones is 1. The first-order valence-corrected chi connectivity index (χ1v) is 7.75. The number of carbonyl (C=O) groups is 1. The van der Waals surface area contributed by atoms with Crippen LogP contribution in [0.5, 0.6) is 0 Å². The Morgan fingerprint density at radius 1 is 1.23 bits per heavy atom. The summed E-state index contributed by atoms with van der Waals surface area (Å²) >= 11 is 0. The van der Waals surface area contributed by atoms with Gasteiger partial charge < -0.3 is 9.47 Å². The molecular formula is C17H26O5. The largest absolute Gasteiger partial charge is 0.485 e. The number of carbonyl (C=O) groups excluding carboxylic acids is 1. The Balaban J connectivity index is 2.55. The minimum atomic E-state index is -0.777. The smallest absolute Gasteiger partial charge is 0.327 e. The number of fused-ring (bicyclic) bond motifs is 1. The highest BCUT2D eigenvalue weighted by Crippen LogP contribution is 2.47. The Kier molecular flexibility index (Phi) is 4.30. The summed E-state index contributed by atoms with van der Waals surface area (Å²) in [6.07, 6.45) is 0.268. The van der Waals surface area contributed by atoms with Gasteiger partial charge in [0.25, 0.3) is 0 Å². The molecule has 1 fully saturated rings. The van der Waals surface area contributed by atoms with Gasteiger partial charge in [0.05, 0.1) is 12.0 Å². The third kappa shape index (κ3) is 2.62. The van der Waals surface area contributed by atoms with Gasteiger partial charge in [-0.3, -0.25) is 9.68 Å². The van der Waals surface area contributed by atoms with Gasteiger partial charge in [0.2, 0.25) is 0 Å². The molecule has 124 valence electrons. The molecule has 0 radical (unpaired) electrons.